The average Bonchev–Trinajstić information content (AvgIpc) is 3.73. The van der Waals surface area contributed by atoms with E-state index in [0.29, 0.717) is 67.7 Å². The van der Waals surface area contributed by atoms with Gasteiger partial charge in [0.25, 0.3) is 11.2 Å². The molecule has 6 aromatic rings. The second kappa shape index (κ2) is 16.0. The molecule has 2 aromatic heterocycles. The second-order valence-corrected chi connectivity index (χ2v) is 14.9. The molecule has 0 radical (unpaired) electrons. The first-order valence-corrected chi connectivity index (χ1v) is 19.6. The molecule has 0 saturated carbocycles. The number of ether oxygens (including phenoxy) is 2. The molecular weight excluding hydrogens is 760 g/mol. The molecule has 0 saturated heterocycles. The van der Waals surface area contributed by atoms with Gasteiger partial charge >= 0.3 is 5.97 Å². The van der Waals surface area contributed by atoms with Gasteiger partial charge in [0.2, 0.25) is 0 Å². The summed E-state index contributed by atoms with van der Waals surface area (Å²) in [6.45, 7) is 6.37. The van der Waals surface area contributed by atoms with Crippen LogP contribution in [-0.2, 0) is 16.1 Å². The van der Waals surface area contributed by atoms with Crippen molar-refractivity contribution < 1.29 is 19.2 Å². The number of hydrogen-bond acceptors (Lipinski definition) is 11. The van der Waals surface area contributed by atoms with E-state index in [1.165, 1.54) is 28.5 Å². The number of halogens is 1. The van der Waals surface area contributed by atoms with Crippen molar-refractivity contribution in [2.24, 2.45) is 4.99 Å². The third-order valence-corrected chi connectivity index (χ3v) is 11.4. The number of allylic oxidation sites excluding steroid dienone is 1. The van der Waals surface area contributed by atoms with Gasteiger partial charge in [-0.05, 0) is 78.7 Å². The molecule has 280 valence electrons. The molecule has 1 aliphatic rings. The van der Waals surface area contributed by atoms with E-state index < -0.39 is 22.5 Å². The van der Waals surface area contributed by atoms with Gasteiger partial charge < -0.3 is 14.0 Å². The lowest BCUT2D eigenvalue weighted by Crippen LogP contribution is -2.40. The van der Waals surface area contributed by atoms with Gasteiger partial charge in [-0.25, -0.2) is 9.79 Å². The molecule has 0 spiro atoms. The van der Waals surface area contributed by atoms with Gasteiger partial charge in [0, 0.05) is 39.7 Å². The number of benzene rings is 4. The molecular formula is C40H35ClN6O6S2. The summed E-state index contributed by atoms with van der Waals surface area (Å²) in [6.07, 6.45) is 2.78. The molecule has 12 nitrogen and oxygen atoms in total. The average molecular weight is 795 g/mol. The lowest BCUT2D eigenvalue weighted by Gasteiger charge is -2.28. The summed E-state index contributed by atoms with van der Waals surface area (Å²) in [5.74, 6) is 0.541. The Morgan fingerprint density at radius 3 is 2.60 bits per heavy atom. The van der Waals surface area contributed by atoms with Gasteiger partial charge in [-0.15, -0.1) is 10.2 Å². The fraction of sp³-hybridized carbons (Fsp3) is 0.225. The predicted molar refractivity (Wildman–Crippen MR) is 213 cm³/mol. The van der Waals surface area contributed by atoms with Crippen molar-refractivity contribution in [2.75, 3.05) is 13.7 Å². The minimum Gasteiger partial charge on any atom is -0.496 e. The zero-order chi connectivity index (χ0) is 38.8. The number of esters is 1. The zero-order valence-electron chi connectivity index (χ0n) is 30.3. The Morgan fingerprint density at radius 1 is 1.05 bits per heavy atom. The summed E-state index contributed by atoms with van der Waals surface area (Å²) in [6, 6.07) is 22.4. The van der Waals surface area contributed by atoms with Gasteiger partial charge in [0.05, 0.1) is 34.4 Å². The van der Waals surface area contributed by atoms with Crippen LogP contribution in [0.25, 0.3) is 28.2 Å². The first kappa shape index (κ1) is 37.7. The number of nitro groups is 1. The maximum atomic E-state index is 14.8. The molecule has 1 aliphatic heterocycles. The second-order valence-electron chi connectivity index (χ2n) is 12.5. The first-order valence-electron chi connectivity index (χ1n) is 17.6. The zero-order valence-corrected chi connectivity index (χ0v) is 32.7. The number of non-ortho nitro benzene ring substituents is 1. The van der Waals surface area contributed by atoms with Crippen LogP contribution < -0.4 is 19.6 Å². The van der Waals surface area contributed by atoms with Crippen molar-refractivity contribution in [3.8, 4) is 17.1 Å². The molecule has 0 bridgehead atoms. The Kier molecular flexibility index (Phi) is 11.0. The summed E-state index contributed by atoms with van der Waals surface area (Å²) in [5.41, 5.74) is 2.06. The number of rotatable bonds is 12. The number of nitro benzene ring substituents is 1. The molecule has 7 rings (SSSR count). The highest BCUT2D eigenvalue weighted by Gasteiger charge is 2.37. The summed E-state index contributed by atoms with van der Waals surface area (Å²) in [7, 11) is 1.55. The van der Waals surface area contributed by atoms with Crippen LogP contribution in [0.15, 0.2) is 110 Å². The molecule has 0 N–H and O–H groups in total. The third-order valence-electron chi connectivity index (χ3n) is 9.12. The minimum absolute atomic E-state index is 0.130. The van der Waals surface area contributed by atoms with E-state index in [1.807, 2.05) is 73.0 Å². The van der Waals surface area contributed by atoms with Crippen LogP contribution in [0.4, 0.5) is 5.69 Å². The smallest absolute Gasteiger partial charge is 0.338 e. The highest BCUT2D eigenvalue weighted by Crippen LogP contribution is 2.41. The van der Waals surface area contributed by atoms with Crippen LogP contribution >= 0.6 is 34.7 Å². The molecule has 15 heteroatoms. The van der Waals surface area contributed by atoms with Crippen molar-refractivity contribution >= 4 is 63.2 Å². The Morgan fingerprint density at radius 2 is 1.87 bits per heavy atom. The molecule has 0 fully saturated rings. The number of aromatic nitrogens is 4. The van der Waals surface area contributed by atoms with Crippen molar-refractivity contribution in [3.63, 3.8) is 0 Å². The van der Waals surface area contributed by atoms with E-state index in [9.17, 15) is 19.7 Å². The van der Waals surface area contributed by atoms with Crippen LogP contribution in [0.3, 0.4) is 0 Å². The fourth-order valence-corrected chi connectivity index (χ4v) is 8.89. The summed E-state index contributed by atoms with van der Waals surface area (Å²) >= 11 is 8.70. The molecule has 0 unspecified atom stereocenters. The standard InChI is InChI=1S/C40H35ClN6O6S2/c1-5-11-29-34(38(49)53-7-3)35(33-28-15-9-8-12-23(28)16-18-30(33)52-4)46-37(48)32(55-39(46)42-29)22-25-21-27(47(50)51)17-19-31(25)54-40-44-43-36(45(40)6-2)24-13-10-14-26(41)20-24/h8-10,12-22,35H,5-7,11H2,1-4H3/b32-22+/t35-/m1/s1. The highest BCUT2D eigenvalue weighted by atomic mass is 35.5. The van der Waals surface area contributed by atoms with E-state index >= 15 is 0 Å². The maximum absolute atomic E-state index is 14.8. The quantitative estimate of drug-likeness (QED) is 0.0691. The van der Waals surface area contributed by atoms with Crippen LogP contribution in [0.2, 0.25) is 5.02 Å². The van der Waals surface area contributed by atoms with Crippen molar-refractivity contribution in [1.82, 2.24) is 19.3 Å². The summed E-state index contributed by atoms with van der Waals surface area (Å²) < 4.78 is 15.2. The number of nitrogens with zero attached hydrogens (tertiary/aromatic N) is 6. The van der Waals surface area contributed by atoms with Crippen LogP contribution in [-0.4, -0.2) is 43.9 Å². The third kappa shape index (κ3) is 7.20. The monoisotopic (exact) mass is 794 g/mol. The number of carbonyl (C=O) groups excluding carboxylic acids is 1. The van der Waals surface area contributed by atoms with E-state index in [2.05, 4.69) is 10.2 Å². The molecule has 0 amide bonds. The Labute approximate surface area is 328 Å². The lowest BCUT2D eigenvalue weighted by atomic mass is 9.90. The van der Waals surface area contributed by atoms with Gasteiger partial charge in [0.15, 0.2) is 15.8 Å². The van der Waals surface area contributed by atoms with Gasteiger partial charge in [0.1, 0.15) is 11.8 Å². The Balaban J connectivity index is 1.44. The Bertz CT molecular complexity index is 2700. The Hall–Kier alpha value is -5.57. The van der Waals surface area contributed by atoms with Crippen molar-refractivity contribution in [1.29, 1.82) is 0 Å². The van der Waals surface area contributed by atoms with Crippen LogP contribution in [0.5, 0.6) is 5.75 Å². The highest BCUT2D eigenvalue weighted by molar-refractivity contribution is 7.99. The van der Waals surface area contributed by atoms with E-state index in [1.54, 1.807) is 32.2 Å². The number of methoxy groups -OCH3 is 1. The van der Waals surface area contributed by atoms with Gasteiger partial charge in [-0.2, -0.15) is 0 Å². The molecule has 0 aliphatic carbocycles. The van der Waals surface area contributed by atoms with Gasteiger partial charge in [-0.3, -0.25) is 19.5 Å². The SMILES string of the molecule is CCCC1=C(C(=O)OCC)[C@@H](c2c(OC)ccc3ccccc23)n2c(s/c(=C/c3cc([N+](=O)[O-])ccc3Sc3nnc(-c4cccc(Cl)c4)n3CC)c2=O)=N1. The first-order chi connectivity index (χ1) is 26.7. The lowest BCUT2D eigenvalue weighted by molar-refractivity contribution is -0.384. The summed E-state index contributed by atoms with van der Waals surface area (Å²) in [4.78, 5) is 46.1. The molecule has 4 aromatic carbocycles. The summed E-state index contributed by atoms with van der Waals surface area (Å²) in [5, 5.41) is 23.7. The largest absolute Gasteiger partial charge is 0.496 e. The van der Waals surface area contributed by atoms with E-state index in [0.717, 1.165) is 27.7 Å². The molecule has 3 heterocycles. The number of hydrogen-bond donors (Lipinski definition) is 0. The topological polar surface area (TPSA) is 144 Å². The van der Waals surface area contributed by atoms with E-state index in [4.69, 9.17) is 26.1 Å². The van der Waals surface area contributed by atoms with Crippen LogP contribution in [0, 0.1) is 10.1 Å². The number of fused-ring (bicyclic) bond motifs is 2. The van der Waals surface area contributed by atoms with Crippen molar-refractivity contribution in [3.05, 3.63) is 136 Å². The van der Waals surface area contributed by atoms with Crippen molar-refractivity contribution in [2.45, 2.75) is 56.3 Å². The van der Waals surface area contributed by atoms with Crippen LogP contribution in [0.1, 0.15) is 50.8 Å². The normalized spacial score (nSPS) is 14.2. The predicted octanol–water partition coefficient (Wildman–Crippen LogP) is 7.73. The number of carbonyl (C=O) groups is 1. The maximum Gasteiger partial charge on any atom is 0.338 e. The fourth-order valence-electron chi connectivity index (χ4n) is 6.71. The van der Waals surface area contributed by atoms with Gasteiger partial charge in [-0.1, -0.05) is 78.7 Å². The molecule has 1 atom stereocenters. The van der Waals surface area contributed by atoms with E-state index in [-0.39, 0.29) is 22.4 Å². The number of thiazole rings is 1. The minimum atomic E-state index is -0.938. The molecule has 55 heavy (non-hydrogen) atoms.